The molecule has 6 nitrogen and oxygen atoms in total. The van der Waals surface area contributed by atoms with E-state index >= 15 is 0 Å². The molecule has 0 radical (unpaired) electrons. The predicted octanol–water partition coefficient (Wildman–Crippen LogP) is 1.15. The van der Waals surface area contributed by atoms with E-state index in [1.54, 1.807) is 37.3 Å². The summed E-state index contributed by atoms with van der Waals surface area (Å²) < 4.78 is 4.98. The lowest BCUT2D eigenvalue weighted by Crippen LogP contribution is -2.43. The zero-order valence-corrected chi connectivity index (χ0v) is 10.9. The molecule has 0 aliphatic carbocycles. The van der Waals surface area contributed by atoms with E-state index in [4.69, 9.17) is 9.84 Å². The van der Waals surface area contributed by atoms with Crippen LogP contribution in [0.5, 0.6) is 0 Å². The maximum absolute atomic E-state index is 11.6. The van der Waals surface area contributed by atoms with E-state index in [2.05, 4.69) is 10.6 Å². The Bertz CT molecular complexity index is 422. The van der Waals surface area contributed by atoms with Gasteiger partial charge in [-0.25, -0.2) is 9.59 Å². The molecule has 0 aliphatic heterocycles. The zero-order valence-electron chi connectivity index (χ0n) is 10.9. The number of carbonyl (C=O) groups is 2. The average molecular weight is 266 g/mol. The zero-order chi connectivity index (χ0) is 14.3. The summed E-state index contributed by atoms with van der Waals surface area (Å²) in [5.41, 5.74) is 0.518. The number of hydrogen-bond donors (Lipinski definition) is 3. The average Bonchev–Trinajstić information content (AvgIpc) is 2.42. The molecule has 1 unspecified atom stereocenters. The molecule has 2 atom stereocenters. The SMILES string of the molecule is COC(C)CNC(=O)N[C@H](C(=O)O)c1ccccc1. The Balaban J connectivity index is 2.60. The van der Waals surface area contributed by atoms with Crippen molar-refractivity contribution in [1.82, 2.24) is 10.6 Å². The van der Waals surface area contributed by atoms with Crippen LogP contribution in [0.2, 0.25) is 0 Å². The van der Waals surface area contributed by atoms with Crippen molar-refractivity contribution in [2.45, 2.75) is 19.1 Å². The molecule has 0 saturated carbocycles. The molecule has 3 N–H and O–H groups in total. The standard InChI is InChI=1S/C13H18N2O4/c1-9(19-2)8-14-13(18)15-11(12(16)17)10-6-4-3-5-7-10/h3-7,9,11H,8H2,1-2H3,(H,16,17)(H2,14,15,18)/t9?,11-/m0/s1. The minimum absolute atomic E-state index is 0.134. The highest BCUT2D eigenvalue weighted by atomic mass is 16.5. The number of carbonyl (C=O) groups excluding carboxylic acids is 1. The molecule has 6 heteroatoms. The largest absolute Gasteiger partial charge is 0.479 e. The van der Waals surface area contributed by atoms with Crippen LogP contribution < -0.4 is 10.6 Å². The van der Waals surface area contributed by atoms with Crippen LogP contribution >= 0.6 is 0 Å². The van der Waals surface area contributed by atoms with E-state index < -0.39 is 18.0 Å². The molecular formula is C13H18N2O4. The Hall–Kier alpha value is -2.08. The quantitative estimate of drug-likeness (QED) is 0.720. The van der Waals surface area contributed by atoms with Gasteiger partial charge in [-0.05, 0) is 12.5 Å². The lowest BCUT2D eigenvalue weighted by Gasteiger charge is -2.16. The number of amides is 2. The van der Waals surface area contributed by atoms with Gasteiger partial charge in [0, 0.05) is 13.7 Å². The summed E-state index contributed by atoms with van der Waals surface area (Å²) in [6.07, 6.45) is -0.134. The van der Waals surface area contributed by atoms with E-state index in [-0.39, 0.29) is 6.10 Å². The Kier molecular flexibility index (Phi) is 5.81. The Labute approximate surface area is 111 Å². The second-order valence-electron chi connectivity index (χ2n) is 4.08. The van der Waals surface area contributed by atoms with Crippen LogP contribution in [0.4, 0.5) is 4.79 Å². The normalized spacial score (nSPS) is 13.4. The molecule has 0 heterocycles. The van der Waals surface area contributed by atoms with Crippen LogP contribution in [0.1, 0.15) is 18.5 Å². The van der Waals surface area contributed by atoms with E-state index in [9.17, 15) is 9.59 Å². The first-order valence-corrected chi connectivity index (χ1v) is 5.89. The van der Waals surface area contributed by atoms with Gasteiger partial charge in [-0.2, -0.15) is 0 Å². The van der Waals surface area contributed by atoms with Crippen molar-refractivity contribution < 1.29 is 19.4 Å². The number of hydrogen-bond acceptors (Lipinski definition) is 3. The molecular weight excluding hydrogens is 248 g/mol. The van der Waals surface area contributed by atoms with Gasteiger partial charge in [-0.15, -0.1) is 0 Å². The third-order valence-electron chi connectivity index (χ3n) is 2.61. The molecule has 0 aliphatic rings. The summed E-state index contributed by atoms with van der Waals surface area (Å²) in [6, 6.07) is 6.91. The van der Waals surface area contributed by atoms with Crippen molar-refractivity contribution >= 4 is 12.0 Å². The van der Waals surface area contributed by atoms with Gasteiger partial charge in [-0.3, -0.25) is 0 Å². The monoisotopic (exact) mass is 266 g/mol. The Morgan fingerprint density at radius 1 is 1.32 bits per heavy atom. The van der Waals surface area contributed by atoms with E-state index in [1.165, 1.54) is 7.11 Å². The summed E-state index contributed by atoms with van der Waals surface area (Å²) in [6.45, 7) is 2.11. The first-order valence-electron chi connectivity index (χ1n) is 5.89. The summed E-state index contributed by atoms with van der Waals surface area (Å²) in [4.78, 5) is 22.8. The highest BCUT2D eigenvalue weighted by Crippen LogP contribution is 2.12. The summed E-state index contributed by atoms with van der Waals surface area (Å²) >= 11 is 0. The lowest BCUT2D eigenvalue weighted by molar-refractivity contribution is -0.139. The summed E-state index contributed by atoms with van der Waals surface area (Å²) in [5.74, 6) is -1.11. The van der Waals surface area contributed by atoms with Crippen LogP contribution in [0, 0.1) is 0 Å². The first kappa shape index (κ1) is 15.0. The summed E-state index contributed by atoms with van der Waals surface area (Å²) in [7, 11) is 1.54. The van der Waals surface area contributed by atoms with Gasteiger partial charge in [0.15, 0.2) is 6.04 Å². The van der Waals surface area contributed by atoms with Gasteiger partial charge >= 0.3 is 12.0 Å². The van der Waals surface area contributed by atoms with Gasteiger partial charge in [-0.1, -0.05) is 30.3 Å². The van der Waals surface area contributed by atoms with Gasteiger partial charge in [0.05, 0.1) is 6.10 Å². The van der Waals surface area contributed by atoms with Gasteiger partial charge in [0.25, 0.3) is 0 Å². The molecule has 0 spiro atoms. The number of ether oxygens (including phenoxy) is 1. The van der Waals surface area contributed by atoms with E-state index in [0.717, 1.165) is 0 Å². The fraction of sp³-hybridized carbons (Fsp3) is 0.385. The molecule has 19 heavy (non-hydrogen) atoms. The molecule has 0 saturated heterocycles. The highest BCUT2D eigenvalue weighted by molar-refractivity contribution is 5.83. The lowest BCUT2D eigenvalue weighted by atomic mass is 10.1. The number of nitrogens with one attached hydrogen (secondary N) is 2. The maximum Gasteiger partial charge on any atom is 0.330 e. The number of aliphatic carboxylic acids is 1. The van der Waals surface area contributed by atoms with Gasteiger partial charge in [0.2, 0.25) is 0 Å². The van der Waals surface area contributed by atoms with E-state index in [0.29, 0.717) is 12.1 Å². The number of benzene rings is 1. The van der Waals surface area contributed by atoms with Crippen LogP contribution in [0.15, 0.2) is 30.3 Å². The highest BCUT2D eigenvalue weighted by Gasteiger charge is 2.21. The van der Waals surface area contributed by atoms with Crippen molar-refractivity contribution in [1.29, 1.82) is 0 Å². The molecule has 104 valence electrons. The second-order valence-corrected chi connectivity index (χ2v) is 4.08. The van der Waals surface area contributed by atoms with Crippen molar-refractivity contribution in [2.24, 2.45) is 0 Å². The number of carboxylic acids is 1. The fourth-order valence-electron chi connectivity index (χ4n) is 1.44. The van der Waals surface area contributed by atoms with Crippen LogP contribution in [0.25, 0.3) is 0 Å². The fourth-order valence-corrected chi connectivity index (χ4v) is 1.44. The maximum atomic E-state index is 11.6. The van der Waals surface area contributed by atoms with Gasteiger partial charge < -0.3 is 20.5 Å². The van der Waals surface area contributed by atoms with Crippen LogP contribution in [-0.4, -0.2) is 36.9 Å². The molecule has 0 bridgehead atoms. The Morgan fingerprint density at radius 2 is 1.95 bits per heavy atom. The predicted molar refractivity (Wildman–Crippen MR) is 69.8 cm³/mol. The minimum Gasteiger partial charge on any atom is -0.479 e. The number of methoxy groups -OCH3 is 1. The van der Waals surface area contributed by atoms with Crippen molar-refractivity contribution in [3.63, 3.8) is 0 Å². The van der Waals surface area contributed by atoms with Crippen molar-refractivity contribution in [2.75, 3.05) is 13.7 Å². The smallest absolute Gasteiger partial charge is 0.330 e. The molecule has 2 amide bonds. The third-order valence-corrected chi connectivity index (χ3v) is 2.61. The Morgan fingerprint density at radius 3 is 2.47 bits per heavy atom. The second kappa shape index (κ2) is 7.38. The molecule has 1 aromatic carbocycles. The van der Waals surface area contributed by atoms with Gasteiger partial charge in [0.1, 0.15) is 0 Å². The van der Waals surface area contributed by atoms with Crippen molar-refractivity contribution in [3.8, 4) is 0 Å². The molecule has 0 fully saturated rings. The first-order chi connectivity index (χ1) is 9.04. The number of carboxylic acid groups (broad SMARTS) is 1. The molecule has 1 aromatic rings. The molecule has 0 aromatic heterocycles. The molecule has 1 rings (SSSR count). The number of rotatable bonds is 6. The van der Waals surface area contributed by atoms with Crippen LogP contribution in [0.3, 0.4) is 0 Å². The third kappa shape index (κ3) is 4.97. The van der Waals surface area contributed by atoms with Crippen LogP contribution in [-0.2, 0) is 9.53 Å². The van der Waals surface area contributed by atoms with E-state index in [1.807, 2.05) is 0 Å². The summed E-state index contributed by atoms with van der Waals surface area (Å²) in [5, 5.41) is 14.1. The minimum atomic E-state index is -1.11. The van der Waals surface area contributed by atoms with Crippen molar-refractivity contribution in [3.05, 3.63) is 35.9 Å². The number of urea groups is 1. The topological polar surface area (TPSA) is 87.7 Å².